The first-order valence-electron chi connectivity index (χ1n) is 6.92. The normalized spacial score (nSPS) is 19.1. The van der Waals surface area contributed by atoms with Gasteiger partial charge in [-0.05, 0) is 37.0 Å². The predicted octanol–water partition coefficient (Wildman–Crippen LogP) is 2.40. The van der Waals surface area contributed by atoms with Gasteiger partial charge >= 0.3 is 0 Å². The van der Waals surface area contributed by atoms with Gasteiger partial charge in [0.05, 0.1) is 6.10 Å². The molecule has 3 heteroatoms. The second-order valence-electron chi connectivity index (χ2n) is 4.69. The molecule has 1 aromatic rings. The zero-order valence-corrected chi connectivity index (χ0v) is 11.2. The monoisotopic (exact) mass is 249 g/mol. The molecule has 0 unspecified atom stereocenters. The molecule has 1 heterocycles. The van der Waals surface area contributed by atoms with Crippen molar-refractivity contribution < 1.29 is 9.47 Å². The van der Waals surface area contributed by atoms with E-state index in [1.807, 2.05) is 12.1 Å². The van der Waals surface area contributed by atoms with Crippen LogP contribution >= 0.6 is 0 Å². The fourth-order valence-corrected chi connectivity index (χ4v) is 2.13. The molecule has 1 atom stereocenters. The van der Waals surface area contributed by atoms with E-state index in [4.69, 9.17) is 9.47 Å². The van der Waals surface area contributed by atoms with Gasteiger partial charge in [-0.2, -0.15) is 0 Å². The van der Waals surface area contributed by atoms with Crippen molar-refractivity contribution in [3.63, 3.8) is 0 Å². The van der Waals surface area contributed by atoms with Gasteiger partial charge in [0.25, 0.3) is 0 Å². The van der Waals surface area contributed by atoms with E-state index in [9.17, 15) is 0 Å². The predicted molar refractivity (Wildman–Crippen MR) is 73.2 cm³/mol. The maximum Gasteiger partial charge on any atom is 0.119 e. The van der Waals surface area contributed by atoms with Gasteiger partial charge in [0.1, 0.15) is 12.4 Å². The lowest BCUT2D eigenvalue weighted by atomic mass is 10.2. The van der Waals surface area contributed by atoms with E-state index in [1.54, 1.807) is 0 Å². The average Bonchev–Trinajstić information content (AvgIpc) is 2.92. The van der Waals surface area contributed by atoms with Crippen molar-refractivity contribution in [2.75, 3.05) is 26.3 Å². The SMILES string of the molecule is CCc1ccc(OCCNC[C@H]2CCCO2)cc1. The third-order valence-corrected chi connectivity index (χ3v) is 3.28. The van der Waals surface area contributed by atoms with E-state index >= 15 is 0 Å². The molecule has 1 aliphatic heterocycles. The van der Waals surface area contributed by atoms with Gasteiger partial charge in [-0.1, -0.05) is 19.1 Å². The Balaban J connectivity index is 1.56. The van der Waals surface area contributed by atoms with Gasteiger partial charge < -0.3 is 14.8 Å². The maximum absolute atomic E-state index is 5.67. The second-order valence-corrected chi connectivity index (χ2v) is 4.69. The first-order chi connectivity index (χ1) is 8.88. The van der Waals surface area contributed by atoms with Crippen LogP contribution in [0.25, 0.3) is 0 Å². The van der Waals surface area contributed by atoms with E-state index in [1.165, 1.54) is 18.4 Å². The smallest absolute Gasteiger partial charge is 0.119 e. The Kier molecular flexibility index (Phi) is 5.49. The minimum absolute atomic E-state index is 0.411. The van der Waals surface area contributed by atoms with Crippen LogP contribution in [0.4, 0.5) is 0 Å². The van der Waals surface area contributed by atoms with Gasteiger partial charge in [0.15, 0.2) is 0 Å². The summed E-state index contributed by atoms with van der Waals surface area (Å²) in [7, 11) is 0. The number of rotatable bonds is 7. The molecule has 2 rings (SSSR count). The van der Waals surface area contributed by atoms with Gasteiger partial charge in [-0.25, -0.2) is 0 Å². The Morgan fingerprint density at radius 1 is 1.33 bits per heavy atom. The molecule has 3 nitrogen and oxygen atoms in total. The Morgan fingerprint density at radius 3 is 2.83 bits per heavy atom. The molecule has 18 heavy (non-hydrogen) atoms. The average molecular weight is 249 g/mol. The standard InChI is InChI=1S/C15H23NO2/c1-2-13-5-7-14(8-6-13)18-11-9-16-12-15-4-3-10-17-15/h5-8,15-16H,2-4,9-12H2,1H3/t15-/m1/s1. The van der Waals surface area contributed by atoms with Crippen LogP contribution in [0.2, 0.25) is 0 Å². The molecule has 0 aliphatic carbocycles. The lowest BCUT2D eigenvalue weighted by molar-refractivity contribution is 0.109. The van der Waals surface area contributed by atoms with E-state index in [2.05, 4.69) is 24.4 Å². The van der Waals surface area contributed by atoms with Crippen molar-refractivity contribution in [2.45, 2.75) is 32.3 Å². The van der Waals surface area contributed by atoms with Gasteiger partial charge in [0.2, 0.25) is 0 Å². The summed E-state index contributed by atoms with van der Waals surface area (Å²) >= 11 is 0. The van der Waals surface area contributed by atoms with Crippen LogP contribution in [0.15, 0.2) is 24.3 Å². The topological polar surface area (TPSA) is 30.5 Å². The highest BCUT2D eigenvalue weighted by Gasteiger charge is 2.14. The first-order valence-corrected chi connectivity index (χ1v) is 6.92. The highest BCUT2D eigenvalue weighted by molar-refractivity contribution is 5.27. The summed E-state index contributed by atoms with van der Waals surface area (Å²) in [6, 6.07) is 8.32. The molecule has 0 spiro atoms. The Bertz CT molecular complexity index is 331. The number of aryl methyl sites for hydroxylation is 1. The van der Waals surface area contributed by atoms with Crippen molar-refractivity contribution in [2.24, 2.45) is 0 Å². The molecule has 1 aromatic carbocycles. The molecule has 1 aliphatic rings. The van der Waals surface area contributed by atoms with Crippen molar-refractivity contribution in [3.8, 4) is 5.75 Å². The number of hydrogen-bond donors (Lipinski definition) is 1. The lowest BCUT2D eigenvalue weighted by Gasteiger charge is -2.11. The van der Waals surface area contributed by atoms with E-state index in [0.717, 1.165) is 31.9 Å². The molecule has 0 aromatic heterocycles. The maximum atomic E-state index is 5.67. The zero-order valence-electron chi connectivity index (χ0n) is 11.2. The summed E-state index contributed by atoms with van der Waals surface area (Å²) in [5.41, 5.74) is 1.35. The Labute approximate surface area is 109 Å². The minimum Gasteiger partial charge on any atom is -0.492 e. The van der Waals surface area contributed by atoms with Crippen LogP contribution in [-0.4, -0.2) is 32.4 Å². The molecule has 0 amide bonds. The van der Waals surface area contributed by atoms with Crippen LogP contribution in [0.3, 0.4) is 0 Å². The first kappa shape index (κ1) is 13.4. The van der Waals surface area contributed by atoms with Gasteiger partial charge in [-0.3, -0.25) is 0 Å². The van der Waals surface area contributed by atoms with Crippen molar-refractivity contribution in [3.05, 3.63) is 29.8 Å². The quantitative estimate of drug-likeness (QED) is 0.753. The van der Waals surface area contributed by atoms with E-state index in [0.29, 0.717) is 12.7 Å². The zero-order chi connectivity index (χ0) is 12.6. The van der Waals surface area contributed by atoms with Crippen LogP contribution in [0.1, 0.15) is 25.3 Å². The van der Waals surface area contributed by atoms with Crippen molar-refractivity contribution in [1.29, 1.82) is 0 Å². The molecule has 0 radical (unpaired) electrons. The molecule has 0 saturated carbocycles. The fraction of sp³-hybridized carbons (Fsp3) is 0.600. The molecule has 1 fully saturated rings. The van der Waals surface area contributed by atoms with Crippen molar-refractivity contribution in [1.82, 2.24) is 5.32 Å². The Hall–Kier alpha value is -1.06. The molecule has 1 N–H and O–H groups in total. The Morgan fingerprint density at radius 2 is 2.17 bits per heavy atom. The fourth-order valence-electron chi connectivity index (χ4n) is 2.13. The van der Waals surface area contributed by atoms with Crippen LogP contribution in [0, 0.1) is 0 Å². The summed E-state index contributed by atoms with van der Waals surface area (Å²) in [5, 5.41) is 3.37. The molecular weight excluding hydrogens is 226 g/mol. The minimum atomic E-state index is 0.411. The van der Waals surface area contributed by atoms with Crippen molar-refractivity contribution >= 4 is 0 Å². The number of benzene rings is 1. The van der Waals surface area contributed by atoms with E-state index < -0.39 is 0 Å². The lowest BCUT2D eigenvalue weighted by Crippen LogP contribution is -2.29. The molecular formula is C15H23NO2. The molecule has 100 valence electrons. The third-order valence-electron chi connectivity index (χ3n) is 3.28. The summed E-state index contributed by atoms with van der Waals surface area (Å²) in [4.78, 5) is 0. The third kappa shape index (κ3) is 4.31. The highest BCUT2D eigenvalue weighted by Crippen LogP contribution is 2.12. The summed E-state index contributed by atoms with van der Waals surface area (Å²) in [6.45, 7) is 5.60. The summed E-state index contributed by atoms with van der Waals surface area (Å²) in [6.07, 6.45) is 3.87. The summed E-state index contributed by atoms with van der Waals surface area (Å²) in [5.74, 6) is 0.950. The van der Waals surface area contributed by atoms with Crippen LogP contribution in [0.5, 0.6) is 5.75 Å². The largest absolute Gasteiger partial charge is 0.492 e. The number of ether oxygens (including phenoxy) is 2. The second kappa shape index (κ2) is 7.39. The molecule has 0 bridgehead atoms. The van der Waals surface area contributed by atoms with Gasteiger partial charge in [0, 0.05) is 19.7 Å². The summed E-state index contributed by atoms with van der Waals surface area (Å²) < 4.78 is 11.2. The highest BCUT2D eigenvalue weighted by atomic mass is 16.5. The van der Waals surface area contributed by atoms with Crippen LogP contribution in [-0.2, 0) is 11.2 Å². The van der Waals surface area contributed by atoms with E-state index in [-0.39, 0.29) is 0 Å². The molecule has 1 saturated heterocycles. The number of nitrogens with one attached hydrogen (secondary N) is 1. The van der Waals surface area contributed by atoms with Gasteiger partial charge in [-0.15, -0.1) is 0 Å². The number of hydrogen-bond acceptors (Lipinski definition) is 3. The van der Waals surface area contributed by atoms with Crippen LogP contribution < -0.4 is 10.1 Å².